The summed E-state index contributed by atoms with van der Waals surface area (Å²) in [5.41, 5.74) is 5.84. The van der Waals surface area contributed by atoms with Gasteiger partial charge in [-0.05, 0) is 7.05 Å². The van der Waals surface area contributed by atoms with E-state index in [2.05, 4.69) is 20.5 Å². The fourth-order valence-electron chi connectivity index (χ4n) is 3.13. The lowest BCUT2D eigenvalue weighted by molar-refractivity contribution is -0.139. The van der Waals surface area contributed by atoms with Crippen LogP contribution in [0.4, 0.5) is 0 Å². The normalized spacial score (nSPS) is 17.9. The molecule has 3 rings (SSSR count). The van der Waals surface area contributed by atoms with Gasteiger partial charge in [-0.3, -0.25) is 19.2 Å². The van der Waals surface area contributed by atoms with Gasteiger partial charge in [0.15, 0.2) is 5.01 Å². The summed E-state index contributed by atoms with van der Waals surface area (Å²) in [7, 11) is 2.00. The molecule has 3 heterocycles. The number of nitrogens with zero attached hydrogens (tertiary/aromatic N) is 3. The van der Waals surface area contributed by atoms with Gasteiger partial charge in [-0.15, -0.1) is 11.3 Å². The van der Waals surface area contributed by atoms with E-state index in [-0.39, 0.29) is 17.5 Å². The smallest absolute Gasteiger partial charge is 0.309 e. The molecule has 1 unspecified atom stereocenters. The summed E-state index contributed by atoms with van der Waals surface area (Å²) in [6, 6.07) is -1.05. The third kappa shape index (κ3) is 5.28. The molecule has 158 valence electrons. The van der Waals surface area contributed by atoms with Gasteiger partial charge >= 0.3 is 11.8 Å². The predicted octanol–water partition coefficient (Wildman–Crippen LogP) is -2.31. The first-order valence-electron chi connectivity index (χ1n) is 9.27. The van der Waals surface area contributed by atoms with E-state index in [9.17, 15) is 19.2 Å². The summed E-state index contributed by atoms with van der Waals surface area (Å²) in [5, 5.41) is 5.19. The number of likely N-dealkylation sites (N-methyl/N-ethyl adjacent to an activating group) is 1. The van der Waals surface area contributed by atoms with Crippen molar-refractivity contribution in [3.8, 4) is 0 Å². The Labute approximate surface area is 171 Å². The van der Waals surface area contributed by atoms with Gasteiger partial charge < -0.3 is 30.9 Å². The van der Waals surface area contributed by atoms with Crippen LogP contribution in [0.5, 0.6) is 0 Å². The number of carbonyl (C=O) groups excluding carboxylic acids is 4. The van der Waals surface area contributed by atoms with Crippen LogP contribution < -0.4 is 16.4 Å². The molecule has 12 heteroatoms. The number of nitrogens with two attached hydrogens (primary N) is 1. The van der Waals surface area contributed by atoms with Crippen LogP contribution in [0.15, 0.2) is 0 Å². The molecule has 4 N–H and O–H groups in total. The Kier molecular flexibility index (Phi) is 6.77. The zero-order chi connectivity index (χ0) is 21.0. The first-order valence-corrected chi connectivity index (χ1v) is 10.1. The molecule has 11 nitrogen and oxygen atoms in total. The number of nitrogens with one attached hydrogen (secondary N) is 2. The first kappa shape index (κ1) is 21.1. The molecule has 0 aliphatic carbocycles. The molecule has 4 amide bonds. The summed E-state index contributed by atoms with van der Waals surface area (Å²) >= 11 is 1.29. The second-order valence-electron chi connectivity index (χ2n) is 6.91. The van der Waals surface area contributed by atoms with E-state index < -0.39 is 23.8 Å². The van der Waals surface area contributed by atoms with E-state index in [1.807, 2.05) is 7.05 Å². The lowest BCUT2D eigenvalue weighted by Gasteiger charge is -2.30. The molecule has 0 spiro atoms. The Morgan fingerprint density at radius 3 is 2.66 bits per heavy atom. The topological polar surface area (TPSA) is 147 Å². The SMILES string of the molecule is CN1CCc2nc(C(=O)NC(CNC(=O)C(N)=O)C(=O)N3CCOCC3)sc2C1. The van der Waals surface area contributed by atoms with Crippen LogP contribution in [0.1, 0.15) is 20.4 Å². The Hall–Kier alpha value is -2.57. The average Bonchev–Trinajstić information content (AvgIpc) is 3.14. The van der Waals surface area contributed by atoms with Crippen LogP contribution in [-0.2, 0) is 32.1 Å². The molecule has 1 saturated heterocycles. The number of hydrogen-bond acceptors (Lipinski definition) is 8. The van der Waals surface area contributed by atoms with Crippen LogP contribution in [0.2, 0.25) is 0 Å². The summed E-state index contributed by atoms with van der Waals surface area (Å²) in [6.45, 7) is 2.90. The summed E-state index contributed by atoms with van der Waals surface area (Å²) in [5.74, 6) is -3.04. The van der Waals surface area contributed by atoms with Crippen molar-refractivity contribution in [2.24, 2.45) is 5.73 Å². The first-order chi connectivity index (χ1) is 13.8. The van der Waals surface area contributed by atoms with Crippen molar-refractivity contribution in [2.75, 3.05) is 46.4 Å². The summed E-state index contributed by atoms with van der Waals surface area (Å²) < 4.78 is 5.24. The van der Waals surface area contributed by atoms with Gasteiger partial charge in [0, 0.05) is 44.0 Å². The van der Waals surface area contributed by atoms with Gasteiger partial charge in [0.25, 0.3) is 5.91 Å². The van der Waals surface area contributed by atoms with Crippen LogP contribution in [0, 0.1) is 0 Å². The van der Waals surface area contributed by atoms with E-state index in [1.165, 1.54) is 11.3 Å². The van der Waals surface area contributed by atoms with Gasteiger partial charge in [-0.25, -0.2) is 4.98 Å². The Morgan fingerprint density at radius 2 is 1.97 bits per heavy atom. The molecule has 0 aromatic carbocycles. The Bertz CT molecular complexity index is 806. The molecule has 1 fully saturated rings. The number of ether oxygens (including phenoxy) is 1. The van der Waals surface area contributed by atoms with Crippen LogP contribution >= 0.6 is 11.3 Å². The molecule has 1 aromatic heterocycles. The third-order valence-electron chi connectivity index (χ3n) is 4.73. The number of rotatable bonds is 5. The van der Waals surface area contributed by atoms with Gasteiger partial charge in [0.2, 0.25) is 5.91 Å². The standard InChI is InChI=1S/C17H24N6O5S/c1-22-3-2-10-12(9-22)29-16(21-10)15(26)20-11(8-19-14(25)13(18)24)17(27)23-4-6-28-7-5-23/h11H,2-9H2,1H3,(H2,18,24)(H,19,25)(H,20,26). The minimum Gasteiger partial charge on any atom is -0.378 e. The Balaban J connectivity index is 1.71. The molecular formula is C17H24N6O5S. The highest BCUT2D eigenvalue weighted by atomic mass is 32.1. The maximum absolute atomic E-state index is 12.8. The van der Waals surface area contributed by atoms with Crippen LogP contribution in [0.25, 0.3) is 0 Å². The number of thiazole rings is 1. The largest absolute Gasteiger partial charge is 0.378 e. The van der Waals surface area contributed by atoms with E-state index in [0.29, 0.717) is 26.3 Å². The van der Waals surface area contributed by atoms with Crippen molar-refractivity contribution >= 4 is 35.0 Å². The van der Waals surface area contributed by atoms with Gasteiger partial charge in [-0.2, -0.15) is 0 Å². The maximum atomic E-state index is 12.8. The number of amides is 4. The highest BCUT2D eigenvalue weighted by Crippen LogP contribution is 2.24. The van der Waals surface area contributed by atoms with Crippen molar-refractivity contribution in [1.29, 1.82) is 0 Å². The van der Waals surface area contributed by atoms with Crippen molar-refractivity contribution in [3.63, 3.8) is 0 Å². The number of carbonyl (C=O) groups is 4. The second-order valence-corrected chi connectivity index (χ2v) is 8.00. The predicted molar refractivity (Wildman–Crippen MR) is 103 cm³/mol. The lowest BCUT2D eigenvalue weighted by atomic mass is 10.2. The fourth-order valence-corrected chi connectivity index (χ4v) is 4.22. The van der Waals surface area contributed by atoms with Gasteiger partial charge in [0.05, 0.1) is 18.9 Å². The number of morpholine rings is 1. The highest BCUT2D eigenvalue weighted by Gasteiger charge is 2.30. The molecule has 0 bridgehead atoms. The minimum absolute atomic E-state index is 0.252. The average molecular weight is 424 g/mol. The second kappa shape index (κ2) is 9.29. The van der Waals surface area contributed by atoms with Crippen molar-refractivity contribution < 1.29 is 23.9 Å². The van der Waals surface area contributed by atoms with E-state index in [1.54, 1.807) is 4.90 Å². The van der Waals surface area contributed by atoms with Crippen molar-refractivity contribution in [1.82, 2.24) is 25.4 Å². The third-order valence-corrected chi connectivity index (χ3v) is 5.81. The summed E-state index contributed by atoms with van der Waals surface area (Å²) in [6.07, 6.45) is 0.764. The molecule has 0 saturated carbocycles. The van der Waals surface area contributed by atoms with Gasteiger partial charge in [0.1, 0.15) is 6.04 Å². The molecule has 29 heavy (non-hydrogen) atoms. The minimum atomic E-state index is -1.16. The monoisotopic (exact) mass is 424 g/mol. The molecule has 1 atom stereocenters. The molecule has 2 aliphatic rings. The quantitative estimate of drug-likeness (QED) is 0.450. The lowest BCUT2D eigenvalue weighted by Crippen LogP contribution is -2.56. The van der Waals surface area contributed by atoms with E-state index in [0.717, 1.165) is 30.1 Å². The molecule has 2 aliphatic heterocycles. The molecule has 1 aromatic rings. The molecular weight excluding hydrogens is 400 g/mol. The number of fused-ring (bicyclic) bond motifs is 1. The van der Waals surface area contributed by atoms with E-state index >= 15 is 0 Å². The fraction of sp³-hybridized carbons (Fsp3) is 0.588. The number of primary amides is 1. The maximum Gasteiger partial charge on any atom is 0.309 e. The highest BCUT2D eigenvalue weighted by molar-refractivity contribution is 7.13. The van der Waals surface area contributed by atoms with Crippen LogP contribution in [0.3, 0.4) is 0 Å². The van der Waals surface area contributed by atoms with Gasteiger partial charge in [-0.1, -0.05) is 0 Å². The summed E-state index contributed by atoms with van der Waals surface area (Å²) in [4.78, 5) is 57.2. The van der Waals surface area contributed by atoms with E-state index in [4.69, 9.17) is 10.5 Å². The van der Waals surface area contributed by atoms with Crippen molar-refractivity contribution in [3.05, 3.63) is 15.6 Å². The Morgan fingerprint density at radius 1 is 1.24 bits per heavy atom. The zero-order valence-electron chi connectivity index (χ0n) is 16.1. The number of aromatic nitrogens is 1. The van der Waals surface area contributed by atoms with Crippen molar-refractivity contribution in [2.45, 2.75) is 19.0 Å². The number of hydrogen-bond donors (Lipinski definition) is 3. The van der Waals surface area contributed by atoms with Crippen LogP contribution in [-0.4, -0.2) is 90.9 Å². The molecule has 0 radical (unpaired) electrons. The zero-order valence-corrected chi connectivity index (χ0v) is 16.9.